The van der Waals surface area contributed by atoms with Crippen LogP contribution in [-0.2, 0) is 6.54 Å². The number of nitrogens with one attached hydrogen (secondary N) is 1. The van der Waals surface area contributed by atoms with E-state index in [4.69, 9.17) is 13.9 Å². The van der Waals surface area contributed by atoms with Crippen molar-refractivity contribution in [2.75, 3.05) is 26.7 Å². The number of unbranched alkanes of at least 4 members (excludes halogenated alkanes) is 1. The molecule has 0 bridgehead atoms. The summed E-state index contributed by atoms with van der Waals surface area (Å²) in [5, 5.41) is 3.29. The third kappa shape index (κ3) is 7.13. The number of carbonyl (C=O) groups is 1. The molecule has 0 aliphatic rings. The van der Waals surface area contributed by atoms with Gasteiger partial charge in [-0.15, -0.1) is 0 Å². The Morgan fingerprint density at radius 1 is 1.09 bits per heavy atom. The summed E-state index contributed by atoms with van der Waals surface area (Å²) in [6, 6.07) is 14.2. The minimum absolute atomic E-state index is 0.0639. The maximum absolute atomic E-state index is 11.8. The van der Waals surface area contributed by atoms with Crippen LogP contribution in [0, 0.1) is 0 Å². The van der Waals surface area contributed by atoms with Gasteiger partial charge < -0.3 is 24.1 Å². The standard InChI is InChI=1S/C25H30N2O5/c1-3-4-12-26-25(29)32-21-8-5-7-19(16-21)18-27(2)13-6-14-30-20-9-10-22-23(28)11-15-31-24(22)17-20/h5,7-11,15-17H,3-4,6,12-14,18H2,1-2H3,(H,26,29). The van der Waals surface area contributed by atoms with Crippen LogP contribution in [0.15, 0.2) is 64.0 Å². The van der Waals surface area contributed by atoms with E-state index in [1.807, 2.05) is 25.2 Å². The van der Waals surface area contributed by atoms with Gasteiger partial charge in [0.05, 0.1) is 18.3 Å². The number of benzene rings is 2. The van der Waals surface area contributed by atoms with E-state index >= 15 is 0 Å². The minimum atomic E-state index is -0.422. The second kappa shape index (κ2) is 11.9. The molecule has 0 radical (unpaired) electrons. The Morgan fingerprint density at radius 3 is 2.81 bits per heavy atom. The molecule has 0 spiro atoms. The van der Waals surface area contributed by atoms with Gasteiger partial charge in [-0.2, -0.15) is 0 Å². The molecule has 3 aromatic rings. The lowest BCUT2D eigenvalue weighted by atomic mass is 10.2. The number of carbonyl (C=O) groups excluding carboxylic acids is 1. The van der Waals surface area contributed by atoms with Crippen LogP contribution in [0.3, 0.4) is 0 Å². The lowest BCUT2D eigenvalue weighted by Crippen LogP contribution is -2.27. The summed E-state index contributed by atoms with van der Waals surface area (Å²) in [6.45, 7) is 4.81. The Bertz CT molecular complexity index is 1080. The van der Waals surface area contributed by atoms with Gasteiger partial charge in [0.25, 0.3) is 0 Å². The highest BCUT2D eigenvalue weighted by Crippen LogP contribution is 2.19. The molecule has 170 valence electrons. The molecule has 0 aliphatic carbocycles. The molecule has 7 nitrogen and oxygen atoms in total. The van der Waals surface area contributed by atoms with Gasteiger partial charge in [0.1, 0.15) is 17.1 Å². The van der Waals surface area contributed by atoms with Gasteiger partial charge in [-0.05, 0) is 49.7 Å². The van der Waals surface area contributed by atoms with Crippen molar-refractivity contribution in [2.45, 2.75) is 32.7 Å². The first-order valence-corrected chi connectivity index (χ1v) is 10.9. The summed E-state index contributed by atoms with van der Waals surface area (Å²) >= 11 is 0. The SMILES string of the molecule is CCCCNC(=O)Oc1cccc(CN(C)CCCOc2ccc3c(=O)ccoc3c2)c1. The smallest absolute Gasteiger partial charge is 0.412 e. The van der Waals surface area contributed by atoms with E-state index < -0.39 is 6.09 Å². The lowest BCUT2D eigenvalue weighted by molar-refractivity contribution is 0.200. The highest BCUT2D eigenvalue weighted by molar-refractivity contribution is 5.77. The molecule has 0 saturated heterocycles. The Kier molecular flexibility index (Phi) is 8.69. The first-order valence-electron chi connectivity index (χ1n) is 10.9. The molecule has 1 aromatic heterocycles. The van der Waals surface area contributed by atoms with Crippen LogP contribution in [0.4, 0.5) is 4.79 Å². The number of rotatable bonds is 11. The van der Waals surface area contributed by atoms with Crippen LogP contribution in [0.25, 0.3) is 11.0 Å². The van der Waals surface area contributed by atoms with E-state index in [0.29, 0.717) is 35.6 Å². The van der Waals surface area contributed by atoms with Gasteiger partial charge in [-0.25, -0.2) is 4.79 Å². The molecule has 0 unspecified atom stereocenters. The maximum Gasteiger partial charge on any atom is 0.412 e. The molecule has 1 heterocycles. The van der Waals surface area contributed by atoms with Crippen molar-refractivity contribution in [1.82, 2.24) is 10.2 Å². The summed E-state index contributed by atoms with van der Waals surface area (Å²) in [5.74, 6) is 1.22. The van der Waals surface area contributed by atoms with Crippen molar-refractivity contribution in [2.24, 2.45) is 0 Å². The largest absolute Gasteiger partial charge is 0.493 e. The van der Waals surface area contributed by atoms with E-state index in [2.05, 4.69) is 17.1 Å². The van der Waals surface area contributed by atoms with Gasteiger partial charge in [0, 0.05) is 31.8 Å². The number of amides is 1. The summed E-state index contributed by atoms with van der Waals surface area (Å²) < 4.78 is 16.5. The molecule has 0 aliphatic heterocycles. The molecule has 3 rings (SSSR count). The Labute approximate surface area is 187 Å². The number of hydrogen-bond acceptors (Lipinski definition) is 6. The molecular formula is C25H30N2O5. The van der Waals surface area contributed by atoms with E-state index in [1.54, 1.807) is 24.3 Å². The molecule has 2 aromatic carbocycles. The van der Waals surface area contributed by atoms with E-state index in [9.17, 15) is 9.59 Å². The normalized spacial score (nSPS) is 11.0. The quantitative estimate of drug-likeness (QED) is 0.441. The molecule has 0 fully saturated rings. The summed E-state index contributed by atoms with van der Waals surface area (Å²) in [5.41, 5.74) is 1.52. The molecule has 1 amide bonds. The fraction of sp³-hybridized carbons (Fsp3) is 0.360. The van der Waals surface area contributed by atoms with E-state index in [0.717, 1.165) is 37.9 Å². The van der Waals surface area contributed by atoms with Crippen molar-refractivity contribution in [3.8, 4) is 11.5 Å². The molecular weight excluding hydrogens is 408 g/mol. The summed E-state index contributed by atoms with van der Waals surface area (Å²) in [6.07, 6.45) is 3.76. The van der Waals surface area contributed by atoms with Crippen molar-refractivity contribution < 1.29 is 18.7 Å². The second-order valence-electron chi connectivity index (χ2n) is 7.70. The predicted octanol–water partition coefficient (Wildman–Crippen LogP) is 4.58. The second-order valence-corrected chi connectivity index (χ2v) is 7.70. The zero-order chi connectivity index (χ0) is 22.8. The average molecular weight is 439 g/mol. The summed E-state index contributed by atoms with van der Waals surface area (Å²) in [7, 11) is 2.04. The van der Waals surface area contributed by atoms with Gasteiger partial charge in [-0.3, -0.25) is 4.79 Å². The van der Waals surface area contributed by atoms with Crippen molar-refractivity contribution >= 4 is 17.1 Å². The summed E-state index contributed by atoms with van der Waals surface area (Å²) in [4.78, 5) is 25.8. The van der Waals surface area contributed by atoms with Crippen molar-refractivity contribution in [3.05, 3.63) is 70.6 Å². The number of fused-ring (bicyclic) bond motifs is 1. The molecule has 1 N–H and O–H groups in total. The van der Waals surface area contributed by atoms with Crippen LogP contribution >= 0.6 is 0 Å². The third-order valence-corrected chi connectivity index (χ3v) is 4.95. The van der Waals surface area contributed by atoms with Gasteiger partial charge in [0.2, 0.25) is 0 Å². The fourth-order valence-electron chi connectivity index (χ4n) is 3.29. The molecule has 7 heteroatoms. The van der Waals surface area contributed by atoms with Gasteiger partial charge in [0.15, 0.2) is 5.43 Å². The zero-order valence-electron chi connectivity index (χ0n) is 18.6. The number of hydrogen-bond donors (Lipinski definition) is 1. The Hall–Kier alpha value is -3.32. The van der Waals surface area contributed by atoms with Gasteiger partial charge in [-0.1, -0.05) is 25.5 Å². The van der Waals surface area contributed by atoms with Crippen LogP contribution < -0.4 is 20.2 Å². The first-order chi connectivity index (χ1) is 15.5. The molecule has 0 saturated carbocycles. The van der Waals surface area contributed by atoms with E-state index in [-0.39, 0.29) is 5.43 Å². The van der Waals surface area contributed by atoms with Crippen LogP contribution in [0.2, 0.25) is 0 Å². The van der Waals surface area contributed by atoms with Crippen molar-refractivity contribution in [3.63, 3.8) is 0 Å². The maximum atomic E-state index is 11.8. The fourth-order valence-corrected chi connectivity index (χ4v) is 3.29. The number of nitrogens with zero attached hydrogens (tertiary/aromatic N) is 1. The highest BCUT2D eigenvalue weighted by atomic mass is 16.6. The molecule has 32 heavy (non-hydrogen) atoms. The van der Waals surface area contributed by atoms with Crippen LogP contribution in [0.5, 0.6) is 11.5 Å². The first kappa shape index (κ1) is 23.3. The Balaban J connectivity index is 1.41. The lowest BCUT2D eigenvalue weighted by Gasteiger charge is -2.17. The van der Waals surface area contributed by atoms with Crippen LogP contribution in [0.1, 0.15) is 31.7 Å². The van der Waals surface area contributed by atoms with E-state index in [1.165, 1.54) is 12.3 Å². The van der Waals surface area contributed by atoms with Crippen LogP contribution in [-0.4, -0.2) is 37.7 Å². The van der Waals surface area contributed by atoms with Gasteiger partial charge >= 0.3 is 6.09 Å². The monoisotopic (exact) mass is 438 g/mol. The zero-order valence-corrected chi connectivity index (χ0v) is 18.6. The third-order valence-electron chi connectivity index (χ3n) is 4.95. The van der Waals surface area contributed by atoms with Crippen molar-refractivity contribution in [1.29, 1.82) is 0 Å². The Morgan fingerprint density at radius 2 is 1.97 bits per heavy atom. The average Bonchev–Trinajstić information content (AvgIpc) is 2.77. The highest BCUT2D eigenvalue weighted by Gasteiger charge is 2.07. The number of ether oxygens (including phenoxy) is 2. The molecule has 0 atom stereocenters. The minimum Gasteiger partial charge on any atom is -0.493 e. The topological polar surface area (TPSA) is 81.0 Å². The predicted molar refractivity (Wildman–Crippen MR) is 124 cm³/mol.